The van der Waals surface area contributed by atoms with E-state index in [0.29, 0.717) is 19.6 Å². The van der Waals surface area contributed by atoms with Crippen molar-refractivity contribution in [2.45, 2.75) is 31.5 Å². The SMILES string of the molecule is COc1ccc(OCCCn2c(C3CC(=O)N(c4cccc(C(F)(F)F)c4)C3)nc3ccccc32)cc1. The van der Waals surface area contributed by atoms with Crippen molar-refractivity contribution in [2.75, 3.05) is 25.2 Å². The summed E-state index contributed by atoms with van der Waals surface area (Å²) in [7, 11) is 1.61. The van der Waals surface area contributed by atoms with Crippen molar-refractivity contribution in [3.05, 3.63) is 84.2 Å². The number of hydrogen-bond donors (Lipinski definition) is 0. The molecule has 0 N–H and O–H groups in total. The number of para-hydroxylation sites is 2. The molecule has 6 nitrogen and oxygen atoms in total. The lowest BCUT2D eigenvalue weighted by molar-refractivity contribution is -0.137. The molecule has 1 aliphatic heterocycles. The lowest BCUT2D eigenvalue weighted by Crippen LogP contribution is -2.25. The van der Waals surface area contributed by atoms with Crippen molar-refractivity contribution in [1.82, 2.24) is 9.55 Å². The number of carbonyl (C=O) groups excluding carboxylic acids is 1. The van der Waals surface area contributed by atoms with Gasteiger partial charge < -0.3 is 18.9 Å². The van der Waals surface area contributed by atoms with Gasteiger partial charge >= 0.3 is 6.18 Å². The van der Waals surface area contributed by atoms with E-state index in [2.05, 4.69) is 4.57 Å². The van der Waals surface area contributed by atoms with E-state index in [1.54, 1.807) is 7.11 Å². The molecule has 5 rings (SSSR count). The molecule has 0 radical (unpaired) electrons. The number of benzene rings is 3. The van der Waals surface area contributed by atoms with Gasteiger partial charge in [-0.25, -0.2) is 4.98 Å². The number of nitrogens with zero attached hydrogens (tertiary/aromatic N) is 3. The fourth-order valence-corrected chi connectivity index (χ4v) is 4.71. The van der Waals surface area contributed by atoms with Crippen molar-refractivity contribution >= 4 is 22.6 Å². The van der Waals surface area contributed by atoms with E-state index in [-0.39, 0.29) is 30.5 Å². The summed E-state index contributed by atoms with van der Waals surface area (Å²) in [5, 5.41) is 0. The van der Waals surface area contributed by atoms with Crippen LogP contribution in [0.1, 0.15) is 30.1 Å². The topological polar surface area (TPSA) is 56.6 Å². The van der Waals surface area contributed by atoms with Crippen LogP contribution in [0.3, 0.4) is 0 Å². The van der Waals surface area contributed by atoms with Crippen LogP contribution in [0.5, 0.6) is 11.5 Å². The molecule has 4 aromatic rings. The van der Waals surface area contributed by atoms with Crippen LogP contribution < -0.4 is 14.4 Å². The first-order chi connectivity index (χ1) is 17.8. The fraction of sp³-hybridized carbons (Fsp3) is 0.286. The minimum absolute atomic E-state index is 0.182. The van der Waals surface area contributed by atoms with Crippen LogP contribution in [0.2, 0.25) is 0 Å². The molecule has 1 aromatic heterocycles. The Labute approximate surface area is 212 Å². The number of amides is 1. The Morgan fingerprint density at radius 2 is 1.76 bits per heavy atom. The Kier molecular flexibility index (Phi) is 6.78. The molecule has 3 aromatic carbocycles. The van der Waals surface area contributed by atoms with Crippen molar-refractivity contribution in [3.8, 4) is 11.5 Å². The highest BCUT2D eigenvalue weighted by Gasteiger charge is 2.36. The van der Waals surface area contributed by atoms with E-state index < -0.39 is 11.7 Å². The molecule has 2 heterocycles. The quantitative estimate of drug-likeness (QED) is 0.271. The van der Waals surface area contributed by atoms with Crippen molar-refractivity contribution < 1.29 is 27.4 Å². The second-order valence-electron chi connectivity index (χ2n) is 8.94. The maximum absolute atomic E-state index is 13.2. The minimum atomic E-state index is -4.47. The lowest BCUT2D eigenvalue weighted by atomic mass is 10.1. The Morgan fingerprint density at radius 1 is 1.00 bits per heavy atom. The first-order valence-corrected chi connectivity index (χ1v) is 12.0. The van der Waals surface area contributed by atoms with Crippen molar-refractivity contribution in [3.63, 3.8) is 0 Å². The highest BCUT2D eigenvalue weighted by Crippen LogP contribution is 2.36. The molecule has 0 spiro atoms. The van der Waals surface area contributed by atoms with Crippen LogP contribution in [0.4, 0.5) is 18.9 Å². The number of carbonyl (C=O) groups is 1. The smallest absolute Gasteiger partial charge is 0.416 e. The largest absolute Gasteiger partial charge is 0.497 e. The van der Waals surface area contributed by atoms with Gasteiger partial charge in [-0.2, -0.15) is 13.2 Å². The molecule has 1 aliphatic rings. The van der Waals surface area contributed by atoms with E-state index in [1.165, 1.54) is 17.0 Å². The number of ether oxygens (including phenoxy) is 2. The molecule has 1 fully saturated rings. The van der Waals surface area contributed by atoms with E-state index in [1.807, 2.05) is 48.5 Å². The van der Waals surface area contributed by atoms with Gasteiger partial charge in [-0.1, -0.05) is 18.2 Å². The molecule has 1 saturated heterocycles. The zero-order valence-corrected chi connectivity index (χ0v) is 20.2. The van der Waals surface area contributed by atoms with Gasteiger partial charge in [0.15, 0.2) is 0 Å². The van der Waals surface area contributed by atoms with Crippen LogP contribution in [-0.2, 0) is 17.5 Å². The highest BCUT2D eigenvalue weighted by atomic mass is 19.4. The molecule has 1 amide bonds. The lowest BCUT2D eigenvalue weighted by Gasteiger charge is -2.19. The van der Waals surface area contributed by atoms with Crippen molar-refractivity contribution in [1.29, 1.82) is 0 Å². The summed E-state index contributed by atoms with van der Waals surface area (Å²) in [5.41, 5.74) is 1.24. The highest BCUT2D eigenvalue weighted by molar-refractivity contribution is 5.96. The summed E-state index contributed by atoms with van der Waals surface area (Å²) in [6, 6.07) is 20.0. The van der Waals surface area contributed by atoms with Gasteiger partial charge in [0.25, 0.3) is 0 Å². The van der Waals surface area contributed by atoms with Gasteiger partial charge in [0.1, 0.15) is 17.3 Å². The third-order valence-corrected chi connectivity index (χ3v) is 6.51. The van der Waals surface area contributed by atoms with Gasteiger partial charge in [0, 0.05) is 31.1 Å². The third kappa shape index (κ3) is 5.26. The number of aromatic nitrogens is 2. The average Bonchev–Trinajstić information content (AvgIpc) is 3.47. The summed E-state index contributed by atoms with van der Waals surface area (Å²) in [6.45, 7) is 1.38. The summed E-state index contributed by atoms with van der Waals surface area (Å²) in [6.07, 6.45) is -3.58. The predicted molar refractivity (Wildman–Crippen MR) is 134 cm³/mol. The molecule has 0 bridgehead atoms. The van der Waals surface area contributed by atoms with Gasteiger partial charge in [-0.3, -0.25) is 4.79 Å². The van der Waals surface area contributed by atoms with E-state index in [9.17, 15) is 18.0 Å². The number of halogens is 3. The molecular formula is C28H26F3N3O3. The maximum Gasteiger partial charge on any atom is 0.416 e. The van der Waals surface area contributed by atoms with Crippen LogP contribution in [-0.4, -0.2) is 35.7 Å². The molecule has 1 unspecified atom stereocenters. The van der Waals surface area contributed by atoms with E-state index in [4.69, 9.17) is 14.5 Å². The molecule has 9 heteroatoms. The zero-order chi connectivity index (χ0) is 26.0. The molecule has 0 aliphatic carbocycles. The zero-order valence-electron chi connectivity index (χ0n) is 20.2. The van der Waals surface area contributed by atoms with Crippen molar-refractivity contribution in [2.24, 2.45) is 0 Å². The van der Waals surface area contributed by atoms with E-state index in [0.717, 1.165) is 40.5 Å². The molecule has 192 valence electrons. The number of alkyl halides is 3. The summed E-state index contributed by atoms with van der Waals surface area (Å²) in [5.74, 6) is 1.80. The first kappa shape index (κ1) is 24.7. The molecule has 0 saturated carbocycles. The van der Waals surface area contributed by atoms with E-state index >= 15 is 0 Å². The van der Waals surface area contributed by atoms with Crippen LogP contribution in [0.25, 0.3) is 11.0 Å². The fourth-order valence-electron chi connectivity index (χ4n) is 4.71. The number of aryl methyl sites for hydroxylation is 1. The molecule has 1 atom stereocenters. The van der Waals surface area contributed by atoms with Crippen LogP contribution in [0, 0.1) is 0 Å². The summed E-state index contributed by atoms with van der Waals surface area (Å²) < 4.78 is 52.8. The molecule has 37 heavy (non-hydrogen) atoms. The number of fused-ring (bicyclic) bond motifs is 1. The molecular weight excluding hydrogens is 483 g/mol. The Morgan fingerprint density at radius 3 is 2.51 bits per heavy atom. The number of anilines is 1. The maximum atomic E-state index is 13.2. The summed E-state index contributed by atoms with van der Waals surface area (Å²) >= 11 is 0. The number of methoxy groups -OCH3 is 1. The second kappa shape index (κ2) is 10.2. The van der Waals surface area contributed by atoms with Crippen LogP contribution >= 0.6 is 0 Å². The average molecular weight is 510 g/mol. The monoisotopic (exact) mass is 509 g/mol. The Balaban J connectivity index is 1.33. The number of imidazole rings is 1. The third-order valence-electron chi connectivity index (χ3n) is 6.51. The van der Waals surface area contributed by atoms with Gasteiger partial charge in [-0.05, 0) is 61.0 Å². The number of rotatable bonds is 8. The van der Waals surface area contributed by atoms with Gasteiger partial charge in [0.05, 0.1) is 30.3 Å². The van der Waals surface area contributed by atoms with Crippen LogP contribution in [0.15, 0.2) is 72.8 Å². The first-order valence-electron chi connectivity index (χ1n) is 12.0. The standard InChI is InChI=1S/C28H26F3N3O3/c1-36-22-10-12-23(13-11-22)37-15-5-14-33-25-9-3-2-8-24(25)32-27(33)19-16-26(35)34(18-19)21-7-4-6-20(17-21)28(29,30)31/h2-4,6-13,17,19H,5,14-16,18H2,1H3. The normalized spacial score (nSPS) is 15.9. The summed E-state index contributed by atoms with van der Waals surface area (Å²) in [4.78, 5) is 19.1. The predicted octanol–water partition coefficient (Wildman–Crippen LogP) is 6.05. The van der Waals surface area contributed by atoms with Gasteiger partial charge in [-0.15, -0.1) is 0 Å². The Bertz CT molecular complexity index is 1400. The second-order valence-corrected chi connectivity index (χ2v) is 8.94. The Hall–Kier alpha value is -4.01. The van der Waals surface area contributed by atoms with Gasteiger partial charge in [0.2, 0.25) is 5.91 Å². The minimum Gasteiger partial charge on any atom is -0.497 e. The number of hydrogen-bond acceptors (Lipinski definition) is 4.